The van der Waals surface area contributed by atoms with Crippen molar-refractivity contribution >= 4 is 17.7 Å². The Hall–Kier alpha value is -4.78. The van der Waals surface area contributed by atoms with E-state index in [1.165, 1.54) is 12.0 Å². The Morgan fingerprint density at radius 3 is 2.11 bits per heavy atom. The molecule has 0 radical (unpaired) electrons. The number of imide groups is 1. The van der Waals surface area contributed by atoms with E-state index in [-0.39, 0.29) is 24.3 Å². The SMILES string of the molecule is COc1ccc(CN2C(=O)c3ccccc3C2=O)cc1C(=O)NC(c1ccccc1)c1ccncc1. The summed E-state index contributed by atoms with van der Waals surface area (Å²) in [7, 11) is 1.49. The van der Waals surface area contributed by atoms with Gasteiger partial charge in [-0.2, -0.15) is 0 Å². The topological polar surface area (TPSA) is 88.6 Å². The number of hydrogen-bond acceptors (Lipinski definition) is 5. The summed E-state index contributed by atoms with van der Waals surface area (Å²) in [4.78, 5) is 44.4. The summed E-state index contributed by atoms with van der Waals surface area (Å²) >= 11 is 0. The summed E-state index contributed by atoms with van der Waals surface area (Å²) in [6.45, 7) is 0.0447. The minimum absolute atomic E-state index is 0.0447. The van der Waals surface area contributed by atoms with Gasteiger partial charge in [0.2, 0.25) is 0 Å². The number of methoxy groups -OCH3 is 1. The first-order valence-electron chi connectivity index (χ1n) is 11.4. The Kier molecular flexibility index (Phi) is 6.28. The zero-order chi connectivity index (χ0) is 25.1. The number of amides is 3. The monoisotopic (exact) mass is 477 g/mol. The van der Waals surface area contributed by atoms with Gasteiger partial charge in [0.25, 0.3) is 17.7 Å². The van der Waals surface area contributed by atoms with E-state index in [2.05, 4.69) is 10.3 Å². The molecule has 0 bridgehead atoms. The van der Waals surface area contributed by atoms with Crippen LogP contribution in [0.25, 0.3) is 0 Å². The van der Waals surface area contributed by atoms with Crippen molar-refractivity contribution < 1.29 is 19.1 Å². The molecule has 1 aromatic heterocycles. The van der Waals surface area contributed by atoms with Crippen LogP contribution in [0.5, 0.6) is 5.75 Å². The zero-order valence-electron chi connectivity index (χ0n) is 19.5. The number of fused-ring (bicyclic) bond motifs is 1. The molecule has 7 heteroatoms. The molecule has 36 heavy (non-hydrogen) atoms. The van der Waals surface area contributed by atoms with Gasteiger partial charge < -0.3 is 10.1 Å². The highest BCUT2D eigenvalue weighted by Crippen LogP contribution is 2.28. The van der Waals surface area contributed by atoms with Crippen molar-refractivity contribution in [1.29, 1.82) is 0 Å². The molecule has 1 aliphatic rings. The molecule has 1 N–H and O–H groups in total. The molecule has 2 heterocycles. The third-order valence-corrected chi connectivity index (χ3v) is 6.18. The molecule has 3 amide bonds. The maximum Gasteiger partial charge on any atom is 0.261 e. The lowest BCUT2D eigenvalue weighted by Crippen LogP contribution is -2.31. The summed E-state index contributed by atoms with van der Waals surface area (Å²) in [5.74, 6) is -0.652. The standard InChI is InChI=1S/C29H23N3O4/c1-36-25-12-11-19(18-32-28(34)22-9-5-6-10-23(22)29(32)35)17-24(25)27(33)31-26(20-7-3-2-4-8-20)21-13-15-30-16-14-21/h2-17,26H,18H2,1H3,(H,31,33). The summed E-state index contributed by atoms with van der Waals surface area (Å²) in [6.07, 6.45) is 3.36. The van der Waals surface area contributed by atoms with Crippen molar-refractivity contribution in [3.63, 3.8) is 0 Å². The Morgan fingerprint density at radius 2 is 1.47 bits per heavy atom. The number of rotatable bonds is 7. The number of nitrogens with one attached hydrogen (secondary N) is 1. The average molecular weight is 478 g/mol. The largest absolute Gasteiger partial charge is 0.496 e. The van der Waals surface area contributed by atoms with E-state index in [9.17, 15) is 14.4 Å². The maximum absolute atomic E-state index is 13.5. The first-order valence-corrected chi connectivity index (χ1v) is 11.4. The first-order chi connectivity index (χ1) is 17.6. The van der Waals surface area contributed by atoms with Crippen LogP contribution >= 0.6 is 0 Å². The molecule has 0 aliphatic carbocycles. The molecule has 4 aromatic rings. The Morgan fingerprint density at radius 1 is 0.861 bits per heavy atom. The minimum atomic E-state index is -0.411. The van der Waals surface area contributed by atoms with Crippen molar-refractivity contribution in [2.24, 2.45) is 0 Å². The van der Waals surface area contributed by atoms with Crippen LogP contribution in [0.4, 0.5) is 0 Å². The average Bonchev–Trinajstić information content (AvgIpc) is 3.17. The highest BCUT2D eigenvalue weighted by molar-refractivity contribution is 6.21. The quantitative estimate of drug-likeness (QED) is 0.399. The Labute approximate surface area is 208 Å². The van der Waals surface area contributed by atoms with E-state index < -0.39 is 6.04 Å². The zero-order valence-corrected chi connectivity index (χ0v) is 19.5. The third-order valence-electron chi connectivity index (χ3n) is 6.18. The van der Waals surface area contributed by atoms with E-state index in [1.54, 1.807) is 54.9 Å². The van der Waals surface area contributed by atoms with Gasteiger partial charge in [-0.15, -0.1) is 0 Å². The smallest absolute Gasteiger partial charge is 0.261 e. The van der Waals surface area contributed by atoms with E-state index in [1.807, 2.05) is 42.5 Å². The van der Waals surface area contributed by atoms with Crippen molar-refractivity contribution in [2.75, 3.05) is 7.11 Å². The van der Waals surface area contributed by atoms with Crippen LogP contribution in [0.3, 0.4) is 0 Å². The van der Waals surface area contributed by atoms with Crippen LogP contribution in [0.1, 0.15) is 53.8 Å². The van der Waals surface area contributed by atoms with Gasteiger partial charge in [-0.3, -0.25) is 24.3 Å². The minimum Gasteiger partial charge on any atom is -0.496 e. The number of pyridine rings is 1. The molecule has 1 atom stereocenters. The Balaban J connectivity index is 1.43. The number of ether oxygens (including phenoxy) is 1. The van der Waals surface area contributed by atoms with Crippen LogP contribution in [0.2, 0.25) is 0 Å². The molecule has 0 spiro atoms. The van der Waals surface area contributed by atoms with Crippen LogP contribution in [0.15, 0.2) is 97.3 Å². The summed E-state index contributed by atoms with van der Waals surface area (Å²) in [6, 6.07) is 24.8. The van der Waals surface area contributed by atoms with Gasteiger partial charge in [0.05, 0.1) is 36.4 Å². The van der Waals surface area contributed by atoms with Gasteiger partial charge in [-0.05, 0) is 53.1 Å². The molecule has 5 rings (SSSR count). The molecule has 0 saturated carbocycles. The Bertz CT molecular complexity index is 1360. The number of nitrogens with zero attached hydrogens (tertiary/aromatic N) is 2. The lowest BCUT2D eigenvalue weighted by atomic mass is 9.99. The van der Waals surface area contributed by atoms with Gasteiger partial charge in [0.1, 0.15) is 5.75 Å². The highest BCUT2D eigenvalue weighted by atomic mass is 16.5. The fourth-order valence-corrected chi connectivity index (χ4v) is 4.37. The third kappa shape index (κ3) is 4.34. The molecule has 0 fully saturated rings. The molecule has 178 valence electrons. The van der Waals surface area contributed by atoms with Crippen LogP contribution in [-0.4, -0.2) is 34.7 Å². The van der Waals surface area contributed by atoms with Gasteiger partial charge in [-0.25, -0.2) is 0 Å². The summed E-state index contributed by atoms with van der Waals surface area (Å²) < 4.78 is 5.46. The molecule has 1 unspecified atom stereocenters. The van der Waals surface area contributed by atoms with Gasteiger partial charge in [-0.1, -0.05) is 48.5 Å². The van der Waals surface area contributed by atoms with Crippen molar-refractivity contribution in [3.05, 3.63) is 131 Å². The van der Waals surface area contributed by atoms with E-state index in [4.69, 9.17) is 4.74 Å². The lowest BCUT2D eigenvalue weighted by Gasteiger charge is -2.21. The molecule has 7 nitrogen and oxygen atoms in total. The second kappa shape index (κ2) is 9.84. The normalized spacial score (nSPS) is 13.3. The number of hydrogen-bond donors (Lipinski definition) is 1. The second-order valence-electron chi connectivity index (χ2n) is 8.37. The van der Waals surface area contributed by atoms with Crippen LogP contribution in [-0.2, 0) is 6.54 Å². The number of aromatic nitrogens is 1. The second-order valence-corrected chi connectivity index (χ2v) is 8.37. The molecule has 3 aromatic carbocycles. The number of carbonyl (C=O) groups is 3. The van der Waals surface area contributed by atoms with Crippen molar-refractivity contribution in [3.8, 4) is 5.75 Å². The van der Waals surface area contributed by atoms with Gasteiger partial charge >= 0.3 is 0 Å². The van der Waals surface area contributed by atoms with Crippen molar-refractivity contribution in [1.82, 2.24) is 15.2 Å². The highest BCUT2D eigenvalue weighted by Gasteiger charge is 2.35. The maximum atomic E-state index is 13.5. The molecule has 0 saturated heterocycles. The summed E-state index contributed by atoms with van der Waals surface area (Å²) in [5.41, 5.74) is 3.51. The number of benzene rings is 3. The predicted octanol–water partition coefficient (Wildman–Crippen LogP) is 4.41. The molecule has 1 aliphatic heterocycles. The lowest BCUT2D eigenvalue weighted by molar-refractivity contribution is 0.0642. The summed E-state index contributed by atoms with van der Waals surface area (Å²) in [5, 5.41) is 3.10. The fraction of sp³-hybridized carbons (Fsp3) is 0.103. The van der Waals surface area contributed by atoms with Crippen LogP contribution in [0, 0.1) is 0 Å². The molecular weight excluding hydrogens is 454 g/mol. The predicted molar refractivity (Wildman–Crippen MR) is 134 cm³/mol. The fourth-order valence-electron chi connectivity index (χ4n) is 4.37. The number of carbonyl (C=O) groups excluding carboxylic acids is 3. The van der Waals surface area contributed by atoms with Crippen LogP contribution < -0.4 is 10.1 Å². The molecular formula is C29H23N3O4. The first kappa shape index (κ1) is 23.0. The van der Waals surface area contributed by atoms with Gasteiger partial charge in [0.15, 0.2) is 0 Å². The van der Waals surface area contributed by atoms with E-state index in [0.717, 1.165) is 11.1 Å². The van der Waals surface area contributed by atoms with E-state index >= 15 is 0 Å². The van der Waals surface area contributed by atoms with Gasteiger partial charge in [0, 0.05) is 12.4 Å². The van der Waals surface area contributed by atoms with E-state index in [0.29, 0.717) is 28.0 Å². The van der Waals surface area contributed by atoms with Crippen molar-refractivity contribution in [2.45, 2.75) is 12.6 Å².